The van der Waals surface area contributed by atoms with E-state index in [1.54, 1.807) is 12.4 Å². The fourth-order valence-corrected chi connectivity index (χ4v) is 3.48. The van der Waals surface area contributed by atoms with Gasteiger partial charge in [0.25, 0.3) is 0 Å². The number of nitrogens with one attached hydrogen (secondary N) is 1. The highest BCUT2D eigenvalue weighted by Gasteiger charge is 2.29. The van der Waals surface area contributed by atoms with Crippen LogP contribution in [0.5, 0.6) is 0 Å². The number of halogens is 2. The molecule has 3 rings (SSSR count). The van der Waals surface area contributed by atoms with Gasteiger partial charge in [-0.25, -0.2) is 0 Å². The Bertz CT molecular complexity index is 521. The van der Waals surface area contributed by atoms with E-state index >= 15 is 0 Å². The molecule has 0 aromatic carbocycles. The van der Waals surface area contributed by atoms with Crippen LogP contribution in [-0.2, 0) is 16.1 Å². The topological polar surface area (TPSA) is 57.7 Å². The van der Waals surface area contributed by atoms with Gasteiger partial charge in [0.05, 0.1) is 19.1 Å². The third-order valence-electron chi connectivity index (χ3n) is 4.96. The lowest BCUT2D eigenvalue weighted by molar-refractivity contribution is -0.138. The molecule has 0 radical (unpaired) electrons. The highest BCUT2D eigenvalue weighted by atomic mass is 35.5. The molecule has 8 heteroatoms. The SMILES string of the molecule is CN1CCC(N(Cc2ccncc2)C(=O)CC2CNCCO2)CC1.Cl.Cl. The molecule has 2 fully saturated rings. The van der Waals surface area contributed by atoms with Crippen LogP contribution in [-0.4, -0.2) is 72.7 Å². The Morgan fingerprint density at radius 1 is 1.31 bits per heavy atom. The number of nitrogens with zero attached hydrogens (tertiary/aromatic N) is 3. The number of pyridine rings is 1. The van der Waals surface area contributed by atoms with Crippen LogP contribution in [0.25, 0.3) is 0 Å². The number of morpholine rings is 1. The van der Waals surface area contributed by atoms with Crippen molar-refractivity contribution in [2.75, 3.05) is 39.8 Å². The van der Waals surface area contributed by atoms with Crippen LogP contribution >= 0.6 is 24.8 Å². The fraction of sp³-hybridized carbons (Fsp3) is 0.667. The highest BCUT2D eigenvalue weighted by molar-refractivity contribution is 5.85. The predicted molar refractivity (Wildman–Crippen MR) is 107 cm³/mol. The first-order chi connectivity index (χ1) is 11.7. The minimum atomic E-state index is -0.00236. The number of piperidine rings is 1. The molecule has 1 aromatic heterocycles. The van der Waals surface area contributed by atoms with Crippen LogP contribution in [0.4, 0.5) is 0 Å². The second-order valence-corrected chi connectivity index (χ2v) is 6.81. The van der Waals surface area contributed by atoms with Gasteiger partial charge in [-0.1, -0.05) is 0 Å². The van der Waals surface area contributed by atoms with Gasteiger partial charge >= 0.3 is 0 Å². The third kappa shape index (κ3) is 6.67. The number of hydrogen-bond acceptors (Lipinski definition) is 5. The van der Waals surface area contributed by atoms with E-state index in [1.807, 2.05) is 12.1 Å². The summed E-state index contributed by atoms with van der Waals surface area (Å²) in [6.45, 7) is 5.09. The van der Waals surface area contributed by atoms with Gasteiger partial charge in [0.1, 0.15) is 0 Å². The van der Waals surface area contributed by atoms with Crippen molar-refractivity contribution in [3.63, 3.8) is 0 Å². The maximum Gasteiger partial charge on any atom is 0.225 e. The Labute approximate surface area is 168 Å². The molecule has 2 aliphatic rings. The summed E-state index contributed by atoms with van der Waals surface area (Å²) in [6, 6.07) is 4.31. The molecule has 26 heavy (non-hydrogen) atoms. The van der Waals surface area contributed by atoms with Crippen molar-refractivity contribution < 1.29 is 9.53 Å². The lowest BCUT2D eigenvalue weighted by Crippen LogP contribution is -2.48. The van der Waals surface area contributed by atoms with Gasteiger partial charge in [-0.3, -0.25) is 9.78 Å². The molecular formula is C18H30Cl2N4O2. The van der Waals surface area contributed by atoms with Gasteiger partial charge in [-0.2, -0.15) is 0 Å². The van der Waals surface area contributed by atoms with Crippen LogP contribution in [0.3, 0.4) is 0 Å². The molecule has 0 aliphatic carbocycles. The summed E-state index contributed by atoms with van der Waals surface area (Å²) in [5.41, 5.74) is 1.14. The molecule has 1 N–H and O–H groups in total. The smallest absolute Gasteiger partial charge is 0.225 e. The standard InChI is InChI=1S/C18H28N4O2.2ClH/c1-21-9-4-16(5-10-21)22(14-15-2-6-19-7-3-15)18(23)12-17-13-20-8-11-24-17;;/h2-3,6-7,16-17,20H,4-5,8-14H2,1H3;2*1H. The average Bonchev–Trinajstić information content (AvgIpc) is 2.62. The Balaban J connectivity index is 0.00000169. The summed E-state index contributed by atoms with van der Waals surface area (Å²) in [4.78, 5) is 21.5. The molecule has 2 aliphatic heterocycles. The average molecular weight is 405 g/mol. The highest BCUT2D eigenvalue weighted by Crippen LogP contribution is 2.20. The molecule has 2 saturated heterocycles. The first kappa shape index (κ1) is 23.1. The van der Waals surface area contributed by atoms with Crippen molar-refractivity contribution in [1.29, 1.82) is 0 Å². The number of carbonyl (C=O) groups excluding carboxylic acids is 1. The lowest BCUT2D eigenvalue weighted by Gasteiger charge is -2.38. The van der Waals surface area contributed by atoms with Gasteiger partial charge in [0.2, 0.25) is 5.91 Å². The van der Waals surface area contributed by atoms with Gasteiger partial charge in [-0.15, -0.1) is 24.8 Å². The van der Waals surface area contributed by atoms with Crippen molar-refractivity contribution in [1.82, 2.24) is 20.1 Å². The van der Waals surface area contributed by atoms with Gasteiger partial charge in [0.15, 0.2) is 0 Å². The van der Waals surface area contributed by atoms with Crippen LogP contribution in [0.15, 0.2) is 24.5 Å². The van der Waals surface area contributed by atoms with E-state index in [9.17, 15) is 4.79 Å². The predicted octanol–water partition coefficient (Wildman–Crippen LogP) is 1.73. The molecule has 1 atom stereocenters. The van der Waals surface area contributed by atoms with E-state index in [0.717, 1.165) is 44.6 Å². The first-order valence-electron chi connectivity index (χ1n) is 8.91. The number of hydrogen-bond donors (Lipinski definition) is 1. The van der Waals surface area contributed by atoms with Crippen molar-refractivity contribution in [3.8, 4) is 0 Å². The van der Waals surface area contributed by atoms with Crippen molar-refractivity contribution in [2.24, 2.45) is 0 Å². The Morgan fingerprint density at radius 2 is 2.00 bits per heavy atom. The van der Waals surface area contributed by atoms with Gasteiger partial charge in [0, 0.05) is 38.1 Å². The summed E-state index contributed by atoms with van der Waals surface area (Å²) < 4.78 is 5.73. The second kappa shape index (κ2) is 11.7. The van der Waals surface area contributed by atoms with E-state index in [1.165, 1.54) is 0 Å². The number of ether oxygens (including phenoxy) is 1. The maximum atomic E-state index is 13.0. The van der Waals surface area contributed by atoms with Crippen molar-refractivity contribution in [3.05, 3.63) is 30.1 Å². The van der Waals surface area contributed by atoms with Gasteiger partial charge < -0.3 is 19.9 Å². The quantitative estimate of drug-likeness (QED) is 0.809. The zero-order valence-corrected chi connectivity index (χ0v) is 16.9. The number of likely N-dealkylation sites (tertiary alicyclic amines) is 1. The Kier molecular flexibility index (Phi) is 10.4. The molecule has 1 amide bonds. The van der Waals surface area contributed by atoms with E-state index in [-0.39, 0.29) is 36.8 Å². The van der Waals surface area contributed by atoms with Crippen molar-refractivity contribution >= 4 is 30.7 Å². The van der Waals surface area contributed by atoms with E-state index in [0.29, 0.717) is 25.6 Å². The summed E-state index contributed by atoms with van der Waals surface area (Å²) in [5, 5.41) is 3.30. The number of amides is 1. The molecule has 6 nitrogen and oxygen atoms in total. The molecular weight excluding hydrogens is 375 g/mol. The molecule has 0 spiro atoms. The van der Waals surface area contributed by atoms with Crippen LogP contribution in [0.2, 0.25) is 0 Å². The molecule has 1 aromatic rings. The second-order valence-electron chi connectivity index (χ2n) is 6.81. The summed E-state index contributed by atoms with van der Waals surface area (Å²) in [6.07, 6.45) is 6.12. The van der Waals surface area contributed by atoms with Crippen molar-refractivity contribution in [2.45, 2.75) is 38.0 Å². The monoisotopic (exact) mass is 404 g/mol. The maximum absolute atomic E-state index is 13.0. The summed E-state index contributed by atoms with van der Waals surface area (Å²) in [5.74, 6) is 0.204. The molecule has 1 unspecified atom stereocenters. The zero-order valence-electron chi connectivity index (χ0n) is 15.3. The minimum absolute atomic E-state index is 0. The van der Waals surface area contributed by atoms with Crippen LogP contribution < -0.4 is 5.32 Å². The van der Waals surface area contributed by atoms with E-state index in [4.69, 9.17) is 4.74 Å². The Hall–Kier alpha value is -0.920. The molecule has 0 bridgehead atoms. The van der Waals surface area contributed by atoms with E-state index < -0.39 is 0 Å². The zero-order chi connectivity index (χ0) is 16.8. The van der Waals surface area contributed by atoms with Crippen LogP contribution in [0, 0.1) is 0 Å². The third-order valence-corrected chi connectivity index (χ3v) is 4.96. The first-order valence-corrected chi connectivity index (χ1v) is 8.91. The molecule has 0 saturated carbocycles. The number of carbonyl (C=O) groups is 1. The summed E-state index contributed by atoms with van der Waals surface area (Å²) in [7, 11) is 2.15. The minimum Gasteiger partial charge on any atom is -0.375 e. The van der Waals surface area contributed by atoms with E-state index in [2.05, 4.69) is 27.1 Å². The number of aromatic nitrogens is 1. The normalized spacial score (nSPS) is 21.3. The van der Waals surface area contributed by atoms with Crippen LogP contribution in [0.1, 0.15) is 24.8 Å². The fourth-order valence-electron chi connectivity index (χ4n) is 3.48. The molecule has 3 heterocycles. The van der Waals surface area contributed by atoms with Gasteiger partial charge in [-0.05, 0) is 50.7 Å². The Morgan fingerprint density at radius 3 is 2.62 bits per heavy atom. The largest absolute Gasteiger partial charge is 0.375 e. The lowest BCUT2D eigenvalue weighted by atomic mass is 10.0. The molecule has 148 valence electrons. The summed E-state index contributed by atoms with van der Waals surface area (Å²) >= 11 is 0. The number of rotatable bonds is 5.